The van der Waals surface area contributed by atoms with Gasteiger partial charge in [0.05, 0.1) is 5.56 Å². The Bertz CT molecular complexity index is 432. The summed E-state index contributed by atoms with van der Waals surface area (Å²) in [6.45, 7) is 2.87. The van der Waals surface area contributed by atoms with E-state index in [0.29, 0.717) is 12.6 Å². The third kappa shape index (κ3) is 4.45. The van der Waals surface area contributed by atoms with Gasteiger partial charge in [0.15, 0.2) is 0 Å². The zero-order chi connectivity index (χ0) is 15.3. The first-order chi connectivity index (χ1) is 9.29. The zero-order valence-corrected chi connectivity index (χ0v) is 11.7. The summed E-state index contributed by atoms with van der Waals surface area (Å²) in [5.74, 6) is -0.892. The SMILES string of the molecule is CCCCN(C)C(CN)c1cc(F)cc(C(F)(F)F)c1. The summed E-state index contributed by atoms with van der Waals surface area (Å²) in [6.07, 6.45) is -2.68. The van der Waals surface area contributed by atoms with Crippen molar-refractivity contribution in [1.29, 1.82) is 0 Å². The van der Waals surface area contributed by atoms with E-state index >= 15 is 0 Å². The van der Waals surface area contributed by atoms with Crippen molar-refractivity contribution in [3.05, 3.63) is 35.1 Å². The highest BCUT2D eigenvalue weighted by atomic mass is 19.4. The van der Waals surface area contributed by atoms with E-state index in [1.807, 2.05) is 11.8 Å². The molecular formula is C14H20F4N2. The lowest BCUT2D eigenvalue weighted by atomic mass is 10.0. The fourth-order valence-corrected chi connectivity index (χ4v) is 2.10. The van der Waals surface area contributed by atoms with Gasteiger partial charge in [-0.3, -0.25) is 4.90 Å². The lowest BCUT2D eigenvalue weighted by Gasteiger charge is -2.27. The highest BCUT2D eigenvalue weighted by molar-refractivity contribution is 5.29. The fourth-order valence-electron chi connectivity index (χ4n) is 2.10. The molecule has 0 saturated heterocycles. The lowest BCUT2D eigenvalue weighted by Crippen LogP contribution is -2.31. The molecule has 0 aromatic heterocycles. The molecule has 6 heteroatoms. The Kier molecular flexibility index (Phi) is 5.95. The molecule has 20 heavy (non-hydrogen) atoms. The van der Waals surface area contributed by atoms with Crippen molar-refractivity contribution in [3.63, 3.8) is 0 Å². The molecule has 1 atom stereocenters. The largest absolute Gasteiger partial charge is 0.416 e. The minimum absolute atomic E-state index is 0.140. The van der Waals surface area contributed by atoms with Gasteiger partial charge in [-0.2, -0.15) is 13.2 Å². The van der Waals surface area contributed by atoms with Gasteiger partial charge >= 0.3 is 6.18 Å². The van der Waals surface area contributed by atoms with Gasteiger partial charge in [-0.15, -0.1) is 0 Å². The number of halogens is 4. The number of benzene rings is 1. The molecule has 1 aromatic carbocycles. The minimum Gasteiger partial charge on any atom is -0.329 e. The molecule has 2 nitrogen and oxygen atoms in total. The van der Waals surface area contributed by atoms with Gasteiger partial charge in [0.1, 0.15) is 5.82 Å². The second kappa shape index (κ2) is 7.04. The first kappa shape index (κ1) is 16.9. The van der Waals surface area contributed by atoms with E-state index in [1.165, 1.54) is 0 Å². The van der Waals surface area contributed by atoms with E-state index < -0.39 is 23.6 Å². The quantitative estimate of drug-likeness (QED) is 0.812. The number of nitrogens with zero attached hydrogens (tertiary/aromatic N) is 1. The Balaban J connectivity index is 3.06. The fraction of sp³-hybridized carbons (Fsp3) is 0.571. The first-order valence-electron chi connectivity index (χ1n) is 6.57. The summed E-state index contributed by atoms with van der Waals surface area (Å²) in [6, 6.07) is 2.18. The van der Waals surface area contributed by atoms with Crippen LogP contribution in [0.1, 0.15) is 36.9 Å². The zero-order valence-electron chi connectivity index (χ0n) is 11.7. The number of hydrogen-bond acceptors (Lipinski definition) is 2. The topological polar surface area (TPSA) is 29.3 Å². The van der Waals surface area contributed by atoms with Crippen LogP contribution in [0.4, 0.5) is 17.6 Å². The van der Waals surface area contributed by atoms with E-state index in [9.17, 15) is 17.6 Å². The second-order valence-electron chi connectivity index (χ2n) is 4.86. The molecule has 1 aromatic rings. The maximum Gasteiger partial charge on any atom is 0.416 e. The van der Waals surface area contributed by atoms with E-state index in [1.54, 1.807) is 7.05 Å². The number of rotatable bonds is 6. The normalized spacial score (nSPS) is 13.8. The third-order valence-corrected chi connectivity index (χ3v) is 3.25. The van der Waals surface area contributed by atoms with E-state index in [4.69, 9.17) is 5.73 Å². The smallest absolute Gasteiger partial charge is 0.329 e. The van der Waals surface area contributed by atoms with E-state index in [0.717, 1.165) is 25.0 Å². The summed E-state index contributed by atoms with van der Waals surface area (Å²) in [5.41, 5.74) is 4.93. The molecule has 2 N–H and O–H groups in total. The first-order valence-corrected chi connectivity index (χ1v) is 6.57. The van der Waals surface area contributed by atoms with Crippen molar-refractivity contribution in [2.24, 2.45) is 5.73 Å². The second-order valence-corrected chi connectivity index (χ2v) is 4.86. The Hall–Kier alpha value is -1.14. The Morgan fingerprint density at radius 2 is 1.90 bits per heavy atom. The number of nitrogens with two attached hydrogens (primary N) is 1. The Morgan fingerprint density at radius 3 is 2.40 bits per heavy atom. The van der Waals surface area contributed by atoms with Crippen LogP contribution in [0.15, 0.2) is 18.2 Å². The van der Waals surface area contributed by atoms with Crippen LogP contribution in [0.25, 0.3) is 0 Å². The Morgan fingerprint density at radius 1 is 1.25 bits per heavy atom. The molecule has 0 heterocycles. The van der Waals surface area contributed by atoms with Gasteiger partial charge in [-0.05, 0) is 43.8 Å². The predicted octanol–water partition coefficient (Wildman–Crippen LogP) is 3.58. The van der Waals surface area contributed by atoms with E-state index in [2.05, 4.69) is 0 Å². The van der Waals surface area contributed by atoms with Crippen LogP contribution in [0.5, 0.6) is 0 Å². The molecule has 0 radical (unpaired) electrons. The maximum atomic E-state index is 13.4. The highest BCUT2D eigenvalue weighted by Crippen LogP contribution is 2.32. The predicted molar refractivity (Wildman–Crippen MR) is 70.7 cm³/mol. The monoisotopic (exact) mass is 292 g/mol. The molecule has 0 spiro atoms. The molecular weight excluding hydrogens is 272 g/mol. The molecule has 114 valence electrons. The number of alkyl halides is 3. The third-order valence-electron chi connectivity index (χ3n) is 3.25. The average molecular weight is 292 g/mol. The molecule has 0 bridgehead atoms. The Labute approximate surface area is 116 Å². The van der Waals surface area contributed by atoms with Crippen LogP contribution >= 0.6 is 0 Å². The van der Waals surface area contributed by atoms with Crippen molar-refractivity contribution in [2.75, 3.05) is 20.1 Å². The van der Waals surface area contributed by atoms with Crippen molar-refractivity contribution in [3.8, 4) is 0 Å². The highest BCUT2D eigenvalue weighted by Gasteiger charge is 2.32. The number of unbranched alkanes of at least 4 members (excludes halogenated alkanes) is 1. The van der Waals surface area contributed by atoms with Crippen molar-refractivity contribution >= 4 is 0 Å². The molecule has 0 saturated carbocycles. The van der Waals surface area contributed by atoms with Crippen LogP contribution in [0.2, 0.25) is 0 Å². The van der Waals surface area contributed by atoms with Crippen LogP contribution in [0.3, 0.4) is 0 Å². The molecule has 1 unspecified atom stereocenters. The number of hydrogen-bond donors (Lipinski definition) is 1. The molecule has 0 aliphatic heterocycles. The summed E-state index contributed by atoms with van der Waals surface area (Å²) in [7, 11) is 1.78. The van der Waals surface area contributed by atoms with Gasteiger partial charge in [-0.1, -0.05) is 13.3 Å². The molecule has 0 fully saturated rings. The van der Waals surface area contributed by atoms with Crippen molar-refractivity contribution in [1.82, 2.24) is 4.90 Å². The summed E-state index contributed by atoms with van der Waals surface area (Å²) >= 11 is 0. The van der Waals surface area contributed by atoms with Crippen LogP contribution in [-0.4, -0.2) is 25.0 Å². The van der Waals surface area contributed by atoms with Gasteiger partial charge in [-0.25, -0.2) is 4.39 Å². The lowest BCUT2D eigenvalue weighted by molar-refractivity contribution is -0.137. The van der Waals surface area contributed by atoms with Crippen LogP contribution < -0.4 is 5.73 Å². The van der Waals surface area contributed by atoms with Gasteiger partial charge < -0.3 is 5.73 Å². The maximum absolute atomic E-state index is 13.4. The molecule has 1 rings (SSSR count). The molecule has 0 amide bonds. The van der Waals surface area contributed by atoms with Crippen LogP contribution in [-0.2, 0) is 6.18 Å². The van der Waals surface area contributed by atoms with Gasteiger partial charge in [0, 0.05) is 12.6 Å². The van der Waals surface area contributed by atoms with Crippen molar-refractivity contribution < 1.29 is 17.6 Å². The average Bonchev–Trinajstić information content (AvgIpc) is 2.35. The van der Waals surface area contributed by atoms with Crippen molar-refractivity contribution in [2.45, 2.75) is 32.0 Å². The number of likely N-dealkylation sites (N-methyl/N-ethyl adjacent to an activating group) is 1. The molecule has 0 aliphatic rings. The van der Waals surface area contributed by atoms with Gasteiger partial charge in [0.2, 0.25) is 0 Å². The van der Waals surface area contributed by atoms with E-state index in [-0.39, 0.29) is 12.1 Å². The summed E-state index contributed by atoms with van der Waals surface area (Å²) < 4.78 is 51.5. The van der Waals surface area contributed by atoms with Crippen LogP contribution in [0, 0.1) is 5.82 Å². The molecule has 0 aliphatic carbocycles. The summed E-state index contributed by atoms with van der Waals surface area (Å²) in [4.78, 5) is 1.86. The minimum atomic E-state index is -4.56. The standard InChI is InChI=1S/C14H20F4N2/c1-3-4-5-20(2)13(9-19)10-6-11(14(16,17)18)8-12(15)7-10/h6-8,13H,3-5,9,19H2,1-2H3. The van der Waals surface area contributed by atoms with Gasteiger partial charge in [0.25, 0.3) is 0 Å². The summed E-state index contributed by atoms with van der Waals surface area (Å²) in [5, 5.41) is 0.